The fourth-order valence-corrected chi connectivity index (χ4v) is 2.03. The molecule has 0 aliphatic carbocycles. The summed E-state index contributed by atoms with van der Waals surface area (Å²) in [5.74, 6) is 0. The number of anilines is 2. The fraction of sp³-hybridized carbons (Fsp3) is 0.500. The van der Waals surface area contributed by atoms with Gasteiger partial charge in [-0.2, -0.15) is 0 Å². The van der Waals surface area contributed by atoms with E-state index in [1.807, 2.05) is 24.3 Å². The van der Waals surface area contributed by atoms with Gasteiger partial charge in [-0.05, 0) is 25.0 Å². The molecule has 82 valence electrons. The molecule has 1 aromatic carbocycles. The van der Waals surface area contributed by atoms with E-state index in [0.29, 0.717) is 6.10 Å². The van der Waals surface area contributed by atoms with Crippen molar-refractivity contribution < 1.29 is 4.74 Å². The largest absolute Gasteiger partial charge is 0.397 e. The Labute approximate surface area is 90.8 Å². The minimum atomic E-state index is 0.370. The number of hydrogen-bond donors (Lipinski definition) is 1. The summed E-state index contributed by atoms with van der Waals surface area (Å²) in [5.41, 5.74) is 7.84. The summed E-state index contributed by atoms with van der Waals surface area (Å²) in [4.78, 5) is 2.17. The molecule has 2 rings (SSSR count). The van der Waals surface area contributed by atoms with Crippen LogP contribution in [0.25, 0.3) is 0 Å². The Morgan fingerprint density at radius 3 is 2.93 bits per heavy atom. The van der Waals surface area contributed by atoms with Crippen LogP contribution in [0.2, 0.25) is 0 Å². The summed E-state index contributed by atoms with van der Waals surface area (Å²) < 4.78 is 5.60. The number of ether oxygens (including phenoxy) is 1. The zero-order chi connectivity index (χ0) is 10.7. The van der Waals surface area contributed by atoms with E-state index < -0.39 is 0 Å². The van der Waals surface area contributed by atoms with Gasteiger partial charge in [0.2, 0.25) is 0 Å². The van der Waals surface area contributed by atoms with Crippen LogP contribution in [0.1, 0.15) is 12.8 Å². The van der Waals surface area contributed by atoms with E-state index in [1.165, 1.54) is 6.42 Å². The lowest BCUT2D eigenvalue weighted by atomic mass is 10.2. The minimum absolute atomic E-state index is 0.370. The van der Waals surface area contributed by atoms with Gasteiger partial charge in [-0.3, -0.25) is 0 Å². The number of benzene rings is 1. The quantitative estimate of drug-likeness (QED) is 0.767. The van der Waals surface area contributed by atoms with Gasteiger partial charge in [0.15, 0.2) is 0 Å². The number of hydrogen-bond acceptors (Lipinski definition) is 3. The average molecular weight is 206 g/mol. The number of rotatable bonds is 3. The lowest BCUT2D eigenvalue weighted by molar-refractivity contribution is 0.116. The first-order valence-electron chi connectivity index (χ1n) is 5.44. The van der Waals surface area contributed by atoms with Crippen molar-refractivity contribution in [3.63, 3.8) is 0 Å². The predicted octanol–water partition coefficient (Wildman–Crippen LogP) is 1.88. The van der Waals surface area contributed by atoms with Crippen molar-refractivity contribution >= 4 is 11.4 Å². The Hall–Kier alpha value is -1.22. The van der Waals surface area contributed by atoms with E-state index in [2.05, 4.69) is 11.9 Å². The molecule has 1 fully saturated rings. The van der Waals surface area contributed by atoms with E-state index >= 15 is 0 Å². The van der Waals surface area contributed by atoms with E-state index in [-0.39, 0.29) is 0 Å². The van der Waals surface area contributed by atoms with E-state index in [1.54, 1.807) is 0 Å². The normalized spacial score (nSPS) is 20.5. The molecule has 1 atom stereocenters. The highest BCUT2D eigenvalue weighted by Crippen LogP contribution is 2.23. The Balaban J connectivity index is 2.00. The Bertz CT molecular complexity index is 321. The summed E-state index contributed by atoms with van der Waals surface area (Å²) in [6.07, 6.45) is 2.72. The topological polar surface area (TPSA) is 38.5 Å². The number of nitrogens with zero attached hydrogens (tertiary/aromatic N) is 1. The second-order valence-electron chi connectivity index (χ2n) is 4.07. The van der Waals surface area contributed by atoms with Gasteiger partial charge in [0.25, 0.3) is 0 Å². The maximum absolute atomic E-state index is 5.91. The molecule has 0 amide bonds. The van der Waals surface area contributed by atoms with Crippen LogP contribution in [0.15, 0.2) is 24.3 Å². The third kappa shape index (κ3) is 2.42. The van der Waals surface area contributed by atoms with Crippen molar-refractivity contribution in [2.24, 2.45) is 0 Å². The summed E-state index contributed by atoms with van der Waals surface area (Å²) >= 11 is 0. The van der Waals surface area contributed by atoms with Crippen LogP contribution < -0.4 is 10.6 Å². The minimum Gasteiger partial charge on any atom is -0.397 e. The van der Waals surface area contributed by atoms with E-state index in [0.717, 1.165) is 30.9 Å². The lowest BCUT2D eigenvalue weighted by Crippen LogP contribution is -2.29. The second kappa shape index (κ2) is 4.53. The van der Waals surface area contributed by atoms with Crippen molar-refractivity contribution in [2.45, 2.75) is 18.9 Å². The van der Waals surface area contributed by atoms with Crippen LogP contribution in [0, 0.1) is 0 Å². The monoisotopic (exact) mass is 206 g/mol. The Morgan fingerprint density at radius 1 is 1.47 bits per heavy atom. The molecule has 1 aliphatic heterocycles. The molecule has 0 spiro atoms. The maximum Gasteiger partial charge on any atom is 0.0750 e. The van der Waals surface area contributed by atoms with Gasteiger partial charge in [-0.15, -0.1) is 0 Å². The van der Waals surface area contributed by atoms with Gasteiger partial charge in [0.05, 0.1) is 17.5 Å². The van der Waals surface area contributed by atoms with Crippen molar-refractivity contribution in [3.8, 4) is 0 Å². The molecule has 3 nitrogen and oxygen atoms in total. The van der Waals surface area contributed by atoms with E-state index in [9.17, 15) is 0 Å². The van der Waals surface area contributed by atoms with E-state index in [4.69, 9.17) is 10.5 Å². The number of nitrogens with two attached hydrogens (primary N) is 1. The SMILES string of the molecule is CN(CC1CCCO1)c1ccccc1N. The molecule has 0 radical (unpaired) electrons. The lowest BCUT2D eigenvalue weighted by Gasteiger charge is -2.23. The fourth-order valence-electron chi connectivity index (χ4n) is 2.03. The number of para-hydroxylation sites is 2. The van der Waals surface area contributed by atoms with Gasteiger partial charge < -0.3 is 15.4 Å². The molecule has 0 saturated carbocycles. The van der Waals surface area contributed by atoms with Crippen LogP contribution in [0.4, 0.5) is 11.4 Å². The summed E-state index contributed by atoms with van der Waals surface area (Å²) in [5, 5.41) is 0. The predicted molar refractivity (Wildman–Crippen MR) is 63.1 cm³/mol. The van der Waals surface area contributed by atoms with Crippen molar-refractivity contribution in [3.05, 3.63) is 24.3 Å². The summed E-state index contributed by atoms with van der Waals surface area (Å²) in [7, 11) is 2.06. The smallest absolute Gasteiger partial charge is 0.0750 e. The maximum atomic E-state index is 5.91. The van der Waals surface area contributed by atoms with Gasteiger partial charge in [-0.1, -0.05) is 12.1 Å². The zero-order valence-electron chi connectivity index (χ0n) is 9.15. The highest BCUT2D eigenvalue weighted by atomic mass is 16.5. The van der Waals surface area contributed by atoms with Crippen LogP contribution in [-0.4, -0.2) is 26.3 Å². The van der Waals surface area contributed by atoms with Gasteiger partial charge in [0, 0.05) is 20.2 Å². The molecule has 2 N–H and O–H groups in total. The number of likely N-dealkylation sites (N-methyl/N-ethyl adjacent to an activating group) is 1. The second-order valence-corrected chi connectivity index (χ2v) is 4.07. The molecule has 3 heteroatoms. The average Bonchev–Trinajstić information content (AvgIpc) is 2.71. The van der Waals surface area contributed by atoms with Gasteiger partial charge >= 0.3 is 0 Å². The van der Waals surface area contributed by atoms with Crippen molar-refractivity contribution in [2.75, 3.05) is 30.8 Å². The van der Waals surface area contributed by atoms with Crippen LogP contribution in [0.3, 0.4) is 0 Å². The van der Waals surface area contributed by atoms with Crippen molar-refractivity contribution in [1.29, 1.82) is 0 Å². The molecule has 1 aliphatic rings. The molecule has 1 heterocycles. The Kier molecular flexibility index (Phi) is 3.11. The van der Waals surface area contributed by atoms with Crippen LogP contribution >= 0.6 is 0 Å². The standard InChI is InChI=1S/C12H18N2O/c1-14(9-10-5-4-8-15-10)12-7-3-2-6-11(12)13/h2-3,6-7,10H,4-5,8-9,13H2,1H3. The van der Waals surface area contributed by atoms with Crippen molar-refractivity contribution in [1.82, 2.24) is 0 Å². The van der Waals surface area contributed by atoms with Gasteiger partial charge in [-0.25, -0.2) is 0 Å². The summed E-state index contributed by atoms with van der Waals surface area (Å²) in [6.45, 7) is 1.83. The first-order valence-corrected chi connectivity index (χ1v) is 5.44. The highest BCUT2D eigenvalue weighted by molar-refractivity contribution is 5.66. The molecular weight excluding hydrogens is 188 g/mol. The molecule has 0 aromatic heterocycles. The zero-order valence-corrected chi connectivity index (χ0v) is 9.15. The number of nitrogen functional groups attached to an aromatic ring is 1. The first-order chi connectivity index (χ1) is 7.27. The molecule has 0 bridgehead atoms. The molecule has 1 unspecified atom stereocenters. The first kappa shape index (κ1) is 10.3. The van der Waals surface area contributed by atoms with Gasteiger partial charge in [0.1, 0.15) is 0 Å². The summed E-state index contributed by atoms with van der Waals surface area (Å²) in [6, 6.07) is 7.95. The van der Waals surface area contributed by atoms with Crippen LogP contribution in [-0.2, 0) is 4.74 Å². The molecular formula is C12H18N2O. The molecule has 1 aromatic rings. The Morgan fingerprint density at radius 2 is 2.27 bits per heavy atom. The third-order valence-electron chi connectivity index (χ3n) is 2.85. The van der Waals surface area contributed by atoms with Crippen LogP contribution in [0.5, 0.6) is 0 Å². The molecule has 15 heavy (non-hydrogen) atoms. The highest BCUT2D eigenvalue weighted by Gasteiger charge is 2.18. The third-order valence-corrected chi connectivity index (χ3v) is 2.85. The molecule has 1 saturated heterocycles.